The number of hydrogen-bond donors (Lipinski definition) is 3. The molecular weight excluding hydrogens is 397 g/mol. The Morgan fingerprint density at radius 3 is 2.79 bits per heavy atom. The molecule has 0 spiro atoms. The maximum Gasteiger partial charge on any atom is 0.273 e. The number of aromatic amines is 1. The maximum atomic E-state index is 14.7. The number of aryl methyl sites for hydroxylation is 1. The number of benzene rings is 2. The topological polar surface area (TPSA) is 89.5 Å². The molecule has 2 aromatic carbocycles. The lowest BCUT2D eigenvalue weighted by molar-refractivity contribution is 0.0730. The zero-order valence-corrected chi connectivity index (χ0v) is 16.4. The van der Waals surface area contributed by atoms with Gasteiger partial charge < -0.3 is 15.1 Å². The number of H-pyrrole nitrogens is 1. The number of fused-ring (bicyclic) bond motifs is 1. The predicted molar refractivity (Wildman–Crippen MR) is 106 cm³/mol. The fraction of sp³-hybridized carbons (Fsp3) is 0.238. The Labute approximate surface area is 171 Å². The Bertz CT molecular complexity index is 1100. The number of aromatic hydroxyl groups is 1. The largest absolute Gasteiger partial charge is 0.507 e. The van der Waals surface area contributed by atoms with Crippen LogP contribution in [0.4, 0.5) is 4.39 Å². The SMILES string of the molecule is Cc1cc(O)c(-c2n[nH]c3c2C(c2ccccc2F)N(CCCO)C3=O)cc1Cl. The highest BCUT2D eigenvalue weighted by Crippen LogP contribution is 2.45. The number of nitrogens with one attached hydrogen (secondary N) is 1. The molecule has 1 amide bonds. The fourth-order valence-electron chi connectivity index (χ4n) is 3.75. The first-order valence-corrected chi connectivity index (χ1v) is 9.55. The van der Waals surface area contributed by atoms with E-state index in [0.29, 0.717) is 39.4 Å². The van der Waals surface area contributed by atoms with Crippen molar-refractivity contribution in [1.29, 1.82) is 0 Å². The van der Waals surface area contributed by atoms with Crippen molar-refractivity contribution >= 4 is 17.5 Å². The van der Waals surface area contributed by atoms with Crippen LogP contribution in [0.1, 0.15) is 39.6 Å². The zero-order valence-electron chi connectivity index (χ0n) is 15.6. The molecule has 0 saturated carbocycles. The van der Waals surface area contributed by atoms with Crippen molar-refractivity contribution in [3.05, 3.63) is 69.6 Å². The number of nitrogens with zero attached hydrogens (tertiary/aromatic N) is 2. The van der Waals surface area contributed by atoms with E-state index in [1.165, 1.54) is 17.0 Å². The van der Waals surface area contributed by atoms with Crippen LogP contribution in [-0.2, 0) is 0 Å². The Kier molecular flexibility index (Phi) is 5.02. The molecule has 1 atom stereocenters. The van der Waals surface area contributed by atoms with Gasteiger partial charge in [-0.3, -0.25) is 9.89 Å². The smallest absolute Gasteiger partial charge is 0.273 e. The van der Waals surface area contributed by atoms with Gasteiger partial charge in [0.05, 0.1) is 6.04 Å². The molecule has 0 bridgehead atoms. The third kappa shape index (κ3) is 3.16. The van der Waals surface area contributed by atoms with E-state index in [4.69, 9.17) is 11.6 Å². The molecule has 0 aliphatic carbocycles. The summed E-state index contributed by atoms with van der Waals surface area (Å²) in [5.74, 6) is -0.821. The summed E-state index contributed by atoms with van der Waals surface area (Å²) in [6.07, 6.45) is 0.353. The quantitative estimate of drug-likeness (QED) is 0.591. The monoisotopic (exact) mass is 415 g/mol. The summed E-state index contributed by atoms with van der Waals surface area (Å²) < 4.78 is 14.7. The van der Waals surface area contributed by atoms with Crippen molar-refractivity contribution in [2.75, 3.05) is 13.2 Å². The average molecular weight is 416 g/mol. The van der Waals surface area contributed by atoms with Gasteiger partial charge in [-0.15, -0.1) is 0 Å². The number of aliphatic hydroxyl groups is 1. The van der Waals surface area contributed by atoms with Crippen molar-refractivity contribution in [3.8, 4) is 17.0 Å². The van der Waals surface area contributed by atoms with Crippen LogP contribution in [0.5, 0.6) is 5.75 Å². The third-order valence-corrected chi connectivity index (χ3v) is 5.56. The van der Waals surface area contributed by atoms with E-state index in [1.54, 1.807) is 31.2 Å². The molecule has 2 heterocycles. The van der Waals surface area contributed by atoms with E-state index in [2.05, 4.69) is 10.2 Å². The van der Waals surface area contributed by atoms with Crippen molar-refractivity contribution in [3.63, 3.8) is 0 Å². The molecule has 1 aliphatic heterocycles. The molecule has 0 radical (unpaired) electrons. The molecule has 6 nitrogen and oxygen atoms in total. The second-order valence-electron chi connectivity index (χ2n) is 6.98. The summed E-state index contributed by atoms with van der Waals surface area (Å²) in [5, 5.41) is 27.2. The Morgan fingerprint density at radius 1 is 1.31 bits per heavy atom. The van der Waals surface area contributed by atoms with E-state index in [9.17, 15) is 19.4 Å². The number of halogens is 2. The number of phenolic OH excluding ortho intramolecular Hbond substituents is 1. The predicted octanol–water partition coefficient (Wildman–Crippen LogP) is 3.81. The minimum atomic E-state index is -0.738. The highest BCUT2D eigenvalue weighted by molar-refractivity contribution is 6.31. The molecule has 29 heavy (non-hydrogen) atoms. The average Bonchev–Trinajstić information content (AvgIpc) is 3.23. The second kappa shape index (κ2) is 7.50. The first-order chi connectivity index (χ1) is 13.9. The third-order valence-electron chi connectivity index (χ3n) is 5.15. The van der Waals surface area contributed by atoms with E-state index in [1.807, 2.05) is 0 Å². The van der Waals surface area contributed by atoms with Crippen LogP contribution in [0.15, 0.2) is 36.4 Å². The van der Waals surface area contributed by atoms with Gasteiger partial charge in [0.15, 0.2) is 0 Å². The fourth-order valence-corrected chi connectivity index (χ4v) is 3.91. The summed E-state index contributed by atoms with van der Waals surface area (Å²) in [7, 11) is 0. The second-order valence-corrected chi connectivity index (χ2v) is 7.39. The highest BCUT2D eigenvalue weighted by atomic mass is 35.5. The molecule has 4 rings (SSSR count). The lowest BCUT2D eigenvalue weighted by atomic mass is 9.95. The molecule has 150 valence electrons. The Hall–Kier alpha value is -2.90. The number of carbonyl (C=O) groups excluding carboxylic acids is 1. The number of carbonyl (C=O) groups is 1. The first-order valence-electron chi connectivity index (χ1n) is 9.18. The van der Waals surface area contributed by atoms with Crippen LogP contribution in [-0.4, -0.2) is 44.4 Å². The molecule has 8 heteroatoms. The molecule has 3 N–H and O–H groups in total. The van der Waals surface area contributed by atoms with E-state index >= 15 is 0 Å². The minimum Gasteiger partial charge on any atom is -0.507 e. The van der Waals surface area contributed by atoms with Gasteiger partial charge in [0, 0.05) is 34.9 Å². The number of hydrogen-bond acceptors (Lipinski definition) is 4. The van der Waals surface area contributed by atoms with Gasteiger partial charge in [-0.2, -0.15) is 5.10 Å². The molecule has 0 fully saturated rings. The summed E-state index contributed by atoms with van der Waals surface area (Å²) >= 11 is 6.24. The minimum absolute atomic E-state index is 0.0326. The molecule has 1 unspecified atom stereocenters. The summed E-state index contributed by atoms with van der Waals surface area (Å²) in [5.41, 5.74) is 2.43. The van der Waals surface area contributed by atoms with Crippen molar-refractivity contribution in [2.45, 2.75) is 19.4 Å². The van der Waals surface area contributed by atoms with Gasteiger partial charge in [-0.05, 0) is 37.1 Å². The normalized spacial score (nSPS) is 15.8. The van der Waals surface area contributed by atoms with E-state index in [-0.39, 0.29) is 30.5 Å². The van der Waals surface area contributed by atoms with Crippen LogP contribution in [0, 0.1) is 12.7 Å². The summed E-state index contributed by atoms with van der Waals surface area (Å²) in [6.45, 7) is 1.92. The number of aromatic nitrogens is 2. The highest BCUT2D eigenvalue weighted by Gasteiger charge is 2.43. The number of rotatable bonds is 5. The number of phenols is 1. The van der Waals surface area contributed by atoms with Crippen molar-refractivity contribution in [1.82, 2.24) is 15.1 Å². The van der Waals surface area contributed by atoms with Gasteiger partial charge in [0.2, 0.25) is 0 Å². The summed E-state index contributed by atoms with van der Waals surface area (Å²) in [4.78, 5) is 14.5. The first kappa shape index (κ1) is 19.4. The molecule has 3 aromatic rings. The van der Waals surface area contributed by atoms with Gasteiger partial charge in [-0.1, -0.05) is 29.8 Å². The zero-order chi connectivity index (χ0) is 20.7. The van der Waals surface area contributed by atoms with Crippen LogP contribution in [0.2, 0.25) is 5.02 Å². The molecule has 0 saturated heterocycles. The van der Waals surface area contributed by atoms with Gasteiger partial charge in [0.1, 0.15) is 23.0 Å². The number of aliphatic hydroxyl groups excluding tert-OH is 1. The van der Waals surface area contributed by atoms with Crippen LogP contribution in [0.25, 0.3) is 11.3 Å². The Morgan fingerprint density at radius 2 is 2.07 bits per heavy atom. The Balaban J connectivity index is 1.93. The van der Waals surface area contributed by atoms with Gasteiger partial charge in [0.25, 0.3) is 5.91 Å². The lowest BCUT2D eigenvalue weighted by Gasteiger charge is -2.26. The van der Waals surface area contributed by atoms with Crippen molar-refractivity contribution < 1.29 is 19.4 Å². The summed E-state index contributed by atoms with van der Waals surface area (Å²) in [6, 6.07) is 8.61. The number of amides is 1. The standard InChI is InChI=1S/C21H19ClFN3O3/c1-11-9-16(28)13(10-14(11)22)18-17-19(25-24-18)21(29)26(7-4-8-27)20(17)12-5-2-3-6-15(12)23/h2-3,5-6,9-10,20,27-28H,4,7-8H2,1H3,(H,24,25). The van der Waals surface area contributed by atoms with Crippen LogP contribution < -0.4 is 0 Å². The van der Waals surface area contributed by atoms with Crippen LogP contribution in [0.3, 0.4) is 0 Å². The molecular formula is C21H19ClFN3O3. The van der Waals surface area contributed by atoms with E-state index < -0.39 is 11.9 Å². The van der Waals surface area contributed by atoms with E-state index in [0.717, 1.165) is 0 Å². The van der Waals surface area contributed by atoms with Crippen LogP contribution >= 0.6 is 11.6 Å². The maximum absolute atomic E-state index is 14.7. The lowest BCUT2D eigenvalue weighted by Crippen LogP contribution is -2.31. The van der Waals surface area contributed by atoms with Gasteiger partial charge >= 0.3 is 0 Å². The van der Waals surface area contributed by atoms with Gasteiger partial charge in [-0.25, -0.2) is 4.39 Å². The molecule has 1 aromatic heterocycles. The molecule has 1 aliphatic rings. The van der Waals surface area contributed by atoms with Crippen molar-refractivity contribution in [2.24, 2.45) is 0 Å².